The second-order valence-electron chi connectivity index (χ2n) is 7.77. The van der Waals surface area contributed by atoms with E-state index in [1.54, 1.807) is 36.7 Å². The van der Waals surface area contributed by atoms with Crippen LogP contribution in [-0.2, 0) is 0 Å². The number of aromatic nitrogens is 5. The summed E-state index contributed by atoms with van der Waals surface area (Å²) in [4.78, 5) is 12.4. The van der Waals surface area contributed by atoms with Crippen molar-refractivity contribution in [3.8, 4) is 22.6 Å². The van der Waals surface area contributed by atoms with Crippen LogP contribution in [0.3, 0.4) is 0 Å². The molecule has 0 atom stereocenters. The zero-order chi connectivity index (χ0) is 22.9. The van der Waals surface area contributed by atoms with E-state index in [0.29, 0.717) is 28.2 Å². The largest absolute Gasteiger partial charge is 0.335 e. The van der Waals surface area contributed by atoms with Crippen LogP contribution in [0.5, 0.6) is 0 Å². The Bertz CT molecular complexity index is 1570. The maximum Gasteiger partial charge on any atom is 0.159 e. The molecule has 0 spiro atoms. The van der Waals surface area contributed by atoms with Crippen molar-refractivity contribution in [3.05, 3.63) is 96.6 Å². The summed E-state index contributed by atoms with van der Waals surface area (Å²) < 4.78 is 14.5. The van der Waals surface area contributed by atoms with Crippen molar-refractivity contribution >= 4 is 27.5 Å². The molecule has 0 fully saturated rings. The molecule has 2 N–H and O–H groups in total. The van der Waals surface area contributed by atoms with E-state index in [-0.39, 0.29) is 5.82 Å². The third-order valence-corrected chi connectivity index (χ3v) is 5.74. The molecular formula is C27H22FN5. The Morgan fingerprint density at radius 1 is 1.06 bits per heavy atom. The molecule has 0 saturated heterocycles. The second kappa shape index (κ2) is 8.31. The van der Waals surface area contributed by atoms with Crippen molar-refractivity contribution < 1.29 is 4.39 Å². The number of benzene rings is 2. The van der Waals surface area contributed by atoms with Crippen LogP contribution in [0, 0.1) is 5.82 Å². The van der Waals surface area contributed by atoms with Crippen LogP contribution in [0.1, 0.15) is 19.4 Å². The molecule has 162 valence electrons. The first kappa shape index (κ1) is 20.6. The van der Waals surface area contributed by atoms with Crippen LogP contribution in [0.2, 0.25) is 0 Å². The zero-order valence-electron chi connectivity index (χ0n) is 18.4. The molecule has 3 heterocycles. The van der Waals surface area contributed by atoms with Gasteiger partial charge in [-0.3, -0.25) is 10.1 Å². The summed E-state index contributed by atoms with van der Waals surface area (Å²) in [7, 11) is 0. The highest BCUT2D eigenvalue weighted by molar-refractivity contribution is 5.98. The molecule has 5 aromatic rings. The molecule has 0 aliphatic heterocycles. The van der Waals surface area contributed by atoms with Gasteiger partial charge in [0.1, 0.15) is 17.0 Å². The number of nitrogens with zero attached hydrogens (tertiary/aromatic N) is 3. The SMILES string of the molecule is C=C/C=C(C)\C(=C/C)c1ccc2[nH]nc(-c3nc4c(-c5ccccc5F)cncc4[nH]3)c2c1. The lowest BCUT2D eigenvalue weighted by atomic mass is 9.97. The Morgan fingerprint density at radius 2 is 1.91 bits per heavy atom. The lowest BCUT2D eigenvalue weighted by Gasteiger charge is -2.08. The van der Waals surface area contributed by atoms with Gasteiger partial charge in [-0.05, 0) is 48.8 Å². The van der Waals surface area contributed by atoms with E-state index in [9.17, 15) is 4.39 Å². The van der Waals surface area contributed by atoms with Gasteiger partial charge in [0.2, 0.25) is 0 Å². The fraction of sp³-hybridized carbons (Fsp3) is 0.0741. The van der Waals surface area contributed by atoms with Crippen molar-refractivity contribution in [1.29, 1.82) is 0 Å². The van der Waals surface area contributed by atoms with Gasteiger partial charge >= 0.3 is 0 Å². The number of hydrogen-bond acceptors (Lipinski definition) is 3. The highest BCUT2D eigenvalue weighted by atomic mass is 19.1. The molecule has 33 heavy (non-hydrogen) atoms. The summed E-state index contributed by atoms with van der Waals surface area (Å²) in [5.74, 6) is 0.285. The Morgan fingerprint density at radius 3 is 2.70 bits per heavy atom. The zero-order valence-corrected chi connectivity index (χ0v) is 18.4. The molecule has 5 nitrogen and oxygen atoms in total. The summed E-state index contributed by atoms with van der Waals surface area (Å²) in [6, 6.07) is 12.8. The summed E-state index contributed by atoms with van der Waals surface area (Å²) in [6.07, 6.45) is 9.20. The van der Waals surface area contributed by atoms with E-state index in [4.69, 9.17) is 4.98 Å². The van der Waals surface area contributed by atoms with Crippen molar-refractivity contribution in [1.82, 2.24) is 25.1 Å². The Kier molecular flexibility index (Phi) is 5.18. The number of pyridine rings is 1. The second-order valence-corrected chi connectivity index (χ2v) is 7.77. The van der Waals surface area contributed by atoms with E-state index in [1.807, 2.05) is 19.1 Å². The first-order valence-corrected chi connectivity index (χ1v) is 10.6. The fourth-order valence-corrected chi connectivity index (χ4v) is 4.17. The van der Waals surface area contributed by atoms with Crippen LogP contribution in [0.4, 0.5) is 4.39 Å². The van der Waals surface area contributed by atoms with E-state index in [0.717, 1.165) is 33.1 Å². The predicted octanol–water partition coefficient (Wildman–Crippen LogP) is 6.84. The number of hydrogen-bond donors (Lipinski definition) is 2. The fourth-order valence-electron chi connectivity index (χ4n) is 4.17. The lowest BCUT2D eigenvalue weighted by Crippen LogP contribution is -1.88. The average Bonchev–Trinajstić information content (AvgIpc) is 3.44. The molecule has 0 aliphatic rings. The first-order chi connectivity index (χ1) is 16.1. The van der Waals surface area contributed by atoms with Crippen LogP contribution >= 0.6 is 0 Å². The molecule has 0 amide bonds. The Labute approximate surface area is 190 Å². The van der Waals surface area contributed by atoms with Gasteiger partial charge < -0.3 is 4.98 Å². The number of aromatic amines is 2. The molecule has 0 saturated carbocycles. The predicted molar refractivity (Wildman–Crippen MR) is 132 cm³/mol. The third kappa shape index (κ3) is 3.55. The van der Waals surface area contributed by atoms with Crippen LogP contribution in [-0.4, -0.2) is 25.1 Å². The monoisotopic (exact) mass is 435 g/mol. The Balaban J connectivity index is 1.66. The van der Waals surface area contributed by atoms with Gasteiger partial charge in [0.15, 0.2) is 5.82 Å². The minimum Gasteiger partial charge on any atom is -0.335 e. The first-order valence-electron chi connectivity index (χ1n) is 10.6. The summed E-state index contributed by atoms with van der Waals surface area (Å²) >= 11 is 0. The molecule has 5 rings (SSSR count). The Hall–Kier alpha value is -4.32. The minimum atomic E-state index is -0.312. The maximum atomic E-state index is 14.5. The summed E-state index contributed by atoms with van der Waals surface area (Å²) in [5.41, 5.74) is 7.40. The van der Waals surface area contributed by atoms with E-state index in [2.05, 4.69) is 51.9 Å². The number of fused-ring (bicyclic) bond motifs is 2. The molecule has 0 unspecified atom stereocenters. The topological polar surface area (TPSA) is 70.2 Å². The number of H-pyrrole nitrogens is 2. The normalized spacial score (nSPS) is 12.6. The van der Waals surface area contributed by atoms with Crippen LogP contribution in [0.25, 0.3) is 50.2 Å². The van der Waals surface area contributed by atoms with Crippen molar-refractivity contribution in [2.45, 2.75) is 13.8 Å². The van der Waals surface area contributed by atoms with Gasteiger partial charge in [-0.15, -0.1) is 0 Å². The van der Waals surface area contributed by atoms with Gasteiger partial charge in [-0.1, -0.05) is 49.1 Å². The summed E-state index contributed by atoms with van der Waals surface area (Å²) in [5, 5.41) is 8.56. The molecular weight excluding hydrogens is 413 g/mol. The van der Waals surface area contributed by atoms with Gasteiger partial charge in [-0.25, -0.2) is 9.37 Å². The standard InChI is InChI=1S/C27H22FN5/c1-4-8-16(3)18(5-2)17-11-12-23-20(13-17)26(33-32-23)27-30-24-15-29-14-21(25(24)31-27)19-9-6-7-10-22(19)28/h4-15H,1H2,2-3H3,(H,30,31)(H,32,33)/b16-8-,18-5+. The highest BCUT2D eigenvalue weighted by Crippen LogP contribution is 2.33. The van der Waals surface area contributed by atoms with E-state index < -0.39 is 0 Å². The van der Waals surface area contributed by atoms with Crippen molar-refractivity contribution in [3.63, 3.8) is 0 Å². The minimum absolute atomic E-state index is 0.312. The molecule has 0 bridgehead atoms. The molecule has 0 aliphatic carbocycles. The number of imidazole rings is 1. The molecule has 2 aromatic carbocycles. The molecule has 3 aromatic heterocycles. The summed E-state index contributed by atoms with van der Waals surface area (Å²) in [6.45, 7) is 7.89. The van der Waals surface area contributed by atoms with E-state index in [1.165, 1.54) is 6.07 Å². The quantitative estimate of drug-likeness (QED) is 0.297. The number of allylic oxidation sites excluding steroid dienone is 5. The highest BCUT2D eigenvalue weighted by Gasteiger charge is 2.17. The number of rotatable bonds is 5. The number of nitrogens with one attached hydrogen (secondary N) is 2. The molecule has 0 radical (unpaired) electrons. The van der Waals surface area contributed by atoms with E-state index >= 15 is 0 Å². The van der Waals surface area contributed by atoms with Crippen LogP contribution in [0.15, 0.2) is 85.2 Å². The van der Waals surface area contributed by atoms with Crippen molar-refractivity contribution in [2.75, 3.05) is 0 Å². The van der Waals surface area contributed by atoms with Gasteiger partial charge in [-0.2, -0.15) is 5.10 Å². The van der Waals surface area contributed by atoms with Gasteiger partial charge in [0, 0.05) is 22.7 Å². The third-order valence-electron chi connectivity index (χ3n) is 5.74. The molecule has 6 heteroatoms. The van der Waals surface area contributed by atoms with Crippen LogP contribution < -0.4 is 0 Å². The lowest BCUT2D eigenvalue weighted by molar-refractivity contribution is 0.631. The maximum absolute atomic E-state index is 14.5. The average molecular weight is 436 g/mol. The number of halogens is 1. The van der Waals surface area contributed by atoms with Crippen molar-refractivity contribution in [2.24, 2.45) is 0 Å². The van der Waals surface area contributed by atoms with Gasteiger partial charge in [0.25, 0.3) is 0 Å². The smallest absolute Gasteiger partial charge is 0.159 e. The van der Waals surface area contributed by atoms with Gasteiger partial charge in [0.05, 0.1) is 17.2 Å².